The van der Waals surface area contributed by atoms with Crippen molar-refractivity contribution in [3.63, 3.8) is 0 Å². The van der Waals surface area contributed by atoms with E-state index in [1.165, 1.54) is 12.3 Å². The molecule has 0 aliphatic rings. The van der Waals surface area contributed by atoms with E-state index in [1.54, 1.807) is 6.20 Å². The molecule has 19 heavy (non-hydrogen) atoms. The lowest BCUT2D eigenvalue weighted by Crippen LogP contribution is -2.43. The molecule has 0 bridgehead atoms. The molecular formula is C12H20BrN3O2S. The standard InChI is InChI=1S/C12H20BrN3O2S/c1-9(2)12(16(3)4)8-15-19(17,18)11-5-10(13)6-14-7-11/h5-7,9,12,15H,8H2,1-4H3. The summed E-state index contributed by atoms with van der Waals surface area (Å²) in [5, 5.41) is 0. The van der Waals surface area contributed by atoms with Crippen LogP contribution in [0, 0.1) is 5.92 Å². The summed E-state index contributed by atoms with van der Waals surface area (Å²) in [6.07, 6.45) is 2.89. The first-order valence-corrected chi connectivity index (χ1v) is 8.28. The van der Waals surface area contributed by atoms with Crippen molar-refractivity contribution in [1.82, 2.24) is 14.6 Å². The molecule has 1 atom stereocenters. The average Bonchev–Trinajstić information content (AvgIpc) is 2.28. The van der Waals surface area contributed by atoms with E-state index in [0.29, 0.717) is 16.9 Å². The number of hydrogen-bond donors (Lipinski definition) is 1. The smallest absolute Gasteiger partial charge is 0.242 e. The highest BCUT2D eigenvalue weighted by Crippen LogP contribution is 2.14. The SMILES string of the molecule is CC(C)C(CNS(=O)(=O)c1cncc(Br)c1)N(C)C. The fraction of sp³-hybridized carbons (Fsp3) is 0.583. The van der Waals surface area contributed by atoms with Crippen LogP contribution in [0.4, 0.5) is 0 Å². The summed E-state index contributed by atoms with van der Waals surface area (Å²) in [4.78, 5) is 6.06. The van der Waals surface area contributed by atoms with Crippen molar-refractivity contribution in [2.75, 3.05) is 20.6 Å². The van der Waals surface area contributed by atoms with E-state index in [4.69, 9.17) is 0 Å². The zero-order valence-corrected chi connectivity index (χ0v) is 14.0. The minimum atomic E-state index is -3.51. The molecule has 108 valence electrons. The second-order valence-electron chi connectivity index (χ2n) is 4.97. The van der Waals surface area contributed by atoms with E-state index in [0.717, 1.165) is 0 Å². The summed E-state index contributed by atoms with van der Waals surface area (Å²) in [7, 11) is 0.374. The van der Waals surface area contributed by atoms with Crippen LogP contribution >= 0.6 is 15.9 Å². The molecule has 0 aliphatic heterocycles. The van der Waals surface area contributed by atoms with E-state index in [9.17, 15) is 8.42 Å². The van der Waals surface area contributed by atoms with E-state index in [-0.39, 0.29) is 10.9 Å². The first-order valence-electron chi connectivity index (χ1n) is 6.00. The maximum atomic E-state index is 12.1. The number of nitrogens with one attached hydrogen (secondary N) is 1. The number of rotatable bonds is 6. The quantitative estimate of drug-likeness (QED) is 0.849. The van der Waals surface area contributed by atoms with Crippen molar-refractivity contribution in [3.8, 4) is 0 Å². The van der Waals surface area contributed by atoms with Gasteiger partial charge in [0.05, 0.1) is 0 Å². The maximum Gasteiger partial charge on any atom is 0.242 e. The third-order valence-electron chi connectivity index (χ3n) is 2.91. The molecule has 0 saturated heterocycles. The van der Waals surface area contributed by atoms with E-state index in [2.05, 4.69) is 39.5 Å². The van der Waals surface area contributed by atoms with Gasteiger partial charge < -0.3 is 4.90 Å². The summed E-state index contributed by atoms with van der Waals surface area (Å²) in [5.74, 6) is 0.360. The number of hydrogen-bond acceptors (Lipinski definition) is 4. The highest BCUT2D eigenvalue weighted by Gasteiger charge is 2.20. The Hall–Kier alpha value is -0.500. The Labute approximate surface area is 123 Å². The van der Waals surface area contributed by atoms with Crippen molar-refractivity contribution < 1.29 is 8.42 Å². The number of sulfonamides is 1. The Morgan fingerprint density at radius 1 is 1.37 bits per heavy atom. The monoisotopic (exact) mass is 349 g/mol. The summed E-state index contributed by atoms with van der Waals surface area (Å²) in [6, 6.07) is 1.69. The highest BCUT2D eigenvalue weighted by molar-refractivity contribution is 9.10. The Kier molecular flexibility index (Phi) is 5.91. The van der Waals surface area contributed by atoms with Gasteiger partial charge in [0.2, 0.25) is 10.0 Å². The summed E-state index contributed by atoms with van der Waals surface area (Å²) < 4.78 is 27.6. The van der Waals surface area contributed by atoms with E-state index in [1.807, 2.05) is 19.0 Å². The number of halogens is 1. The molecule has 7 heteroatoms. The van der Waals surface area contributed by atoms with Crippen LogP contribution in [0.3, 0.4) is 0 Å². The van der Waals surface area contributed by atoms with Crippen LogP contribution in [0.25, 0.3) is 0 Å². The largest absolute Gasteiger partial charge is 0.305 e. The van der Waals surface area contributed by atoms with Crippen molar-refractivity contribution >= 4 is 26.0 Å². The van der Waals surface area contributed by atoms with Crippen LogP contribution in [0.15, 0.2) is 27.8 Å². The van der Waals surface area contributed by atoms with Gasteiger partial charge in [0, 0.05) is 29.5 Å². The fourth-order valence-corrected chi connectivity index (χ4v) is 3.39. The van der Waals surface area contributed by atoms with Gasteiger partial charge in [-0.15, -0.1) is 0 Å². The molecule has 5 nitrogen and oxygen atoms in total. The molecule has 0 fully saturated rings. The first kappa shape index (κ1) is 16.6. The van der Waals surface area contributed by atoms with Gasteiger partial charge in [-0.3, -0.25) is 4.98 Å². The van der Waals surface area contributed by atoms with Gasteiger partial charge in [-0.1, -0.05) is 13.8 Å². The third kappa shape index (κ3) is 4.83. The minimum absolute atomic E-state index is 0.148. The van der Waals surface area contributed by atoms with Gasteiger partial charge in [0.25, 0.3) is 0 Å². The molecule has 1 rings (SSSR count). The van der Waals surface area contributed by atoms with Gasteiger partial charge in [0.1, 0.15) is 4.90 Å². The van der Waals surface area contributed by atoms with Crippen LogP contribution in [0.5, 0.6) is 0 Å². The van der Waals surface area contributed by atoms with Crippen molar-refractivity contribution in [3.05, 3.63) is 22.9 Å². The predicted molar refractivity (Wildman–Crippen MR) is 79.4 cm³/mol. The van der Waals surface area contributed by atoms with Crippen molar-refractivity contribution in [2.45, 2.75) is 24.8 Å². The van der Waals surface area contributed by atoms with Crippen LogP contribution in [-0.4, -0.2) is 45.0 Å². The molecule has 1 N–H and O–H groups in total. The molecule has 0 spiro atoms. The fourth-order valence-electron chi connectivity index (χ4n) is 1.83. The Morgan fingerprint density at radius 2 is 2.00 bits per heavy atom. The van der Waals surface area contributed by atoms with E-state index >= 15 is 0 Å². The zero-order valence-electron chi connectivity index (χ0n) is 11.6. The summed E-state index contributed by atoms with van der Waals surface area (Å²) in [6.45, 7) is 4.51. The van der Waals surface area contributed by atoms with Crippen LogP contribution in [0.2, 0.25) is 0 Å². The molecule has 1 heterocycles. The second-order valence-corrected chi connectivity index (χ2v) is 7.65. The van der Waals surface area contributed by atoms with Gasteiger partial charge in [-0.2, -0.15) is 0 Å². The predicted octanol–water partition coefficient (Wildman–Crippen LogP) is 1.71. The molecule has 0 aromatic carbocycles. The molecule has 1 unspecified atom stereocenters. The van der Waals surface area contributed by atoms with Crippen LogP contribution in [-0.2, 0) is 10.0 Å². The Bertz CT molecular complexity index is 509. The van der Waals surface area contributed by atoms with Crippen LogP contribution in [0.1, 0.15) is 13.8 Å². The number of aromatic nitrogens is 1. The average molecular weight is 350 g/mol. The molecule has 0 aliphatic carbocycles. The second kappa shape index (κ2) is 6.78. The summed E-state index contributed by atoms with van der Waals surface area (Å²) in [5.41, 5.74) is 0. The number of pyridine rings is 1. The third-order valence-corrected chi connectivity index (χ3v) is 4.73. The lowest BCUT2D eigenvalue weighted by molar-refractivity contribution is 0.233. The van der Waals surface area contributed by atoms with Gasteiger partial charge >= 0.3 is 0 Å². The first-order chi connectivity index (χ1) is 8.74. The van der Waals surface area contributed by atoms with Crippen LogP contribution < -0.4 is 4.72 Å². The van der Waals surface area contributed by atoms with Gasteiger partial charge in [0.15, 0.2) is 0 Å². The van der Waals surface area contributed by atoms with E-state index < -0.39 is 10.0 Å². The molecule has 0 amide bonds. The highest BCUT2D eigenvalue weighted by atomic mass is 79.9. The molecular weight excluding hydrogens is 330 g/mol. The Morgan fingerprint density at radius 3 is 2.47 bits per heavy atom. The Balaban J connectivity index is 2.81. The van der Waals surface area contributed by atoms with Gasteiger partial charge in [-0.25, -0.2) is 13.1 Å². The summed E-state index contributed by atoms with van der Waals surface area (Å²) >= 11 is 3.22. The lowest BCUT2D eigenvalue weighted by atomic mass is 10.0. The number of nitrogens with zero attached hydrogens (tertiary/aromatic N) is 2. The number of likely N-dealkylation sites (N-methyl/N-ethyl adjacent to an activating group) is 1. The topological polar surface area (TPSA) is 62.3 Å². The zero-order chi connectivity index (χ0) is 14.6. The normalized spacial score (nSPS) is 14.1. The minimum Gasteiger partial charge on any atom is -0.305 e. The molecule has 0 saturated carbocycles. The van der Waals surface area contributed by atoms with Crippen molar-refractivity contribution in [1.29, 1.82) is 0 Å². The molecule has 1 aromatic heterocycles. The maximum absolute atomic E-state index is 12.1. The molecule has 0 radical (unpaired) electrons. The lowest BCUT2D eigenvalue weighted by Gasteiger charge is -2.27. The molecule has 1 aromatic rings. The van der Waals surface area contributed by atoms with Gasteiger partial charge in [-0.05, 0) is 42.0 Å². The van der Waals surface area contributed by atoms with Crippen molar-refractivity contribution in [2.24, 2.45) is 5.92 Å².